The highest BCUT2D eigenvalue weighted by Gasteiger charge is 2.07. The van der Waals surface area contributed by atoms with E-state index in [0.29, 0.717) is 0 Å². The highest BCUT2D eigenvalue weighted by atomic mass is 15.1. The van der Waals surface area contributed by atoms with Crippen LogP contribution in [0.4, 0.5) is 0 Å². The van der Waals surface area contributed by atoms with Crippen LogP contribution in [0.1, 0.15) is 19.8 Å². The maximum absolute atomic E-state index is 3.72. The highest BCUT2D eigenvalue weighted by Crippen LogP contribution is 2.17. The lowest BCUT2D eigenvalue weighted by atomic mass is 10.0. The van der Waals surface area contributed by atoms with E-state index in [1.807, 2.05) is 12.2 Å². The molecule has 1 aliphatic rings. The minimum absolute atomic E-state index is 1.06. The summed E-state index contributed by atoms with van der Waals surface area (Å²) in [7, 11) is 2.16. The first kappa shape index (κ1) is 12.0. The van der Waals surface area contributed by atoms with Crippen LogP contribution >= 0.6 is 0 Å². The predicted octanol–water partition coefficient (Wildman–Crippen LogP) is 3.33. The second-order valence-electron chi connectivity index (χ2n) is 3.99. The van der Waals surface area contributed by atoms with Crippen LogP contribution in [0.2, 0.25) is 0 Å². The average Bonchev–Trinajstić information content (AvgIpc) is 2.24. The standard InChI is InChI=1S/C14H21N/c1-4-6-9-13(8-5-2)14-10-7-11-15(3)12-14/h4,6-7,9-10H,1,5,8,11-12H2,2-3H3/b9-6-,14-13-. The SMILES string of the molecule is C=C/C=C\C(CCC)=C1\C=CCN(C)C1. The smallest absolute Gasteiger partial charge is 0.0236 e. The summed E-state index contributed by atoms with van der Waals surface area (Å²) in [5.41, 5.74) is 2.89. The van der Waals surface area contributed by atoms with Crippen molar-refractivity contribution in [1.29, 1.82) is 0 Å². The first-order chi connectivity index (χ1) is 7.27. The van der Waals surface area contributed by atoms with E-state index in [1.165, 1.54) is 17.6 Å². The molecule has 0 saturated heterocycles. The molecule has 15 heavy (non-hydrogen) atoms. The van der Waals surface area contributed by atoms with E-state index in [0.717, 1.165) is 19.5 Å². The largest absolute Gasteiger partial charge is 0.298 e. The summed E-state index contributed by atoms with van der Waals surface area (Å²) in [5.74, 6) is 0. The van der Waals surface area contributed by atoms with Crippen molar-refractivity contribution < 1.29 is 0 Å². The zero-order chi connectivity index (χ0) is 11.1. The lowest BCUT2D eigenvalue weighted by molar-refractivity contribution is 0.396. The van der Waals surface area contributed by atoms with E-state index >= 15 is 0 Å². The fourth-order valence-corrected chi connectivity index (χ4v) is 1.80. The monoisotopic (exact) mass is 203 g/mol. The minimum atomic E-state index is 1.06. The number of allylic oxidation sites excluding steroid dienone is 4. The number of hydrogen-bond acceptors (Lipinski definition) is 1. The highest BCUT2D eigenvalue weighted by molar-refractivity contribution is 5.36. The molecule has 0 amide bonds. The second kappa shape index (κ2) is 6.41. The Morgan fingerprint density at radius 2 is 2.40 bits per heavy atom. The van der Waals surface area contributed by atoms with Crippen LogP contribution in [-0.4, -0.2) is 25.0 Å². The van der Waals surface area contributed by atoms with Crippen LogP contribution in [0.5, 0.6) is 0 Å². The van der Waals surface area contributed by atoms with Gasteiger partial charge in [-0.3, -0.25) is 4.90 Å². The molecule has 1 heterocycles. The van der Waals surface area contributed by atoms with E-state index in [1.54, 1.807) is 0 Å². The zero-order valence-electron chi connectivity index (χ0n) is 9.87. The van der Waals surface area contributed by atoms with Gasteiger partial charge < -0.3 is 0 Å². The summed E-state index contributed by atoms with van der Waals surface area (Å²) in [5, 5.41) is 0. The molecule has 0 aromatic heterocycles. The Morgan fingerprint density at radius 3 is 3.00 bits per heavy atom. The first-order valence-corrected chi connectivity index (χ1v) is 5.64. The maximum Gasteiger partial charge on any atom is 0.0236 e. The number of likely N-dealkylation sites (N-methyl/N-ethyl adjacent to an activating group) is 1. The van der Waals surface area contributed by atoms with Gasteiger partial charge in [0, 0.05) is 13.1 Å². The van der Waals surface area contributed by atoms with Gasteiger partial charge in [0.15, 0.2) is 0 Å². The predicted molar refractivity (Wildman–Crippen MR) is 67.9 cm³/mol. The van der Waals surface area contributed by atoms with Crippen LogP contribution in [0.3, 0.4) is 0 Å². The fourth-order valence-electron chi connectivity index (χ4n) is 1.80. The Labute approximate surface area is 93.5 Å². The van der Waals surface area contributed by atoms with Gasteiger partial charge in [-0.15, -0.1) is 0 Å². The molecule has 0 spiro atoms. The molecule has 0 aliphatic carbocycles. The molecule has 0 aromatic rings. The average molecular weight is 203 g/mol. The number of hydrogen-bond donors (Lipinski definition) is 0. The molecule has 0 atom stereocenters. The van der Waals surface area contributed by atoms with E-state index < -0.39 is 0 Å². The summed E-state index contributed by atoms with van der Waals surface area (Å²) in [6.07, 6.45) is 12.9. The van der Waals surface area contributed by atoms with Gasteiger partial charge in [-0.2, -0.15) is 0 Å². The molecule has 1 aliphatic heterocycles. The van der Waals surface area contributed by atoms with E-state index in [9.17, 15) is 0 Å². The molecule has 0 radical (unpaired) electrons. The van der Waals surface area contributed by atoms with Gasteiger partial charge in [-0.05, 0) is 24.6 Å². The molecular formula is C14H21N. The van der Waals surface area contributed by atoms with Gasteiger partial charge in [0.25, 0.3) is 0 Å². The van der Waals surface area contributed by atoms with Crippen LogP contribution < -0.4 is 0 Å². The van der Waals surface area contributed by atoms with Gasteiger partial charge in [0.2, 0.25) is 0 Å². The van der Waals surface area contributed by atoms with Crippen molar-refractivity contribution in [2.45, 2.75) is 19.8 Å². The molecule has 1 nitrogen and oxygen atoms in total. The molecule has 82 valence electrons. The van der Waals surface area contributed by atoms with Crippen molar-refractivity contribution in [3.63, 3.8) is 0 Å². The fraction of sp³-hybridized carbons (Fsp3) is 0.429. The Hall–Kier alpha value is -1.08. The Bertz CT molecular complexity index is 294. The van der Waals surface area contributed by atoms with Gasteiger partial charge in [-0.1, -0.05) is 50.3 Å². The lowest BCUT2D eigenvalue weighted by Gasteiger charge is -2.21. The molecule has 1 rings (SSSR count). The lowest BCUT2D eigenvalue weighted by Crippen LogP contribution is -2.24. The number of nitrogens with zero attached hydrogens (tertiary/aromatic N) is 1. The maximum atomic E-state index is 3.72. The van der Waals surface area contributed by atoms with Crippen LogP contribution in [-0.2, 0) is 0 Å². The topological polar surface area (TPSA) is 3.24 Å². The molecular weight excluding hydrogens is 182 g/mol. The van der Waals surface area contributed by atoms with Crippen molar-refractivity contribution in [2.24, 2.45) is 0 Å². The van der Waals surface area contributed by atoms with E-state index in [-0.39, 0.29) is 0 Å². The van der Waals surface area contributed by atoms with Crippen molar-refractivity contribution in [2.75, 3.05) is 20.1 Å². The molecule has 0 fully saturated rings. The normalized spacial score (nSPS) is 20.9. The molecule has 0 aromatic carbocycles. The molecule has 0 unspecified atom stereocenters. The summed E-state index contributed by atoms with van der Waals surface area (Å²) in [4.78, 5) is 2.33. The molecule has 1 heteroatoms. The van der Waals surface area contributed by atoms with Gasteiger partial charge in [0.05, 0.1) is 0 Å². The third-order valence-corrected chi connectivity index (χ3v) is 2.54. The van der Waals surface area contributed by atoms with Crippen molar-refractivity contribution in [1.82, 2.24) is 4.90 Å². The third kappa shape index (κ3) is 3.88. The molecule has 0 N–H and O–H groups in total. The van der Waals surface area contributed by atoms with Crippen molar-refractivity contribution >= 4 is 0 Å². The summed E-state index contributed by atoms with van der Waals surface area (Å²) in [6, 6.07) is 0. The van der Waals surface area contributed by atoms with Gasteiger partial charge in [0.1, 0.15) is 0 Å². The van der Waals surface area contributed by atoms with Crippen LogP contribution in [0.25, 0.3) is 0 Å². The summed E-state index contributed by atoms with van der Waals surface area (Å²) in [6.45, 7) is 8.06. The zero-order valence-corrected chi connectivity index (χ0v) is 9.87. The summed E-state index contributed by atoms with van der Waals surface area (Å²) < 4.78 is 0. The Morgan fingerprint density at radius 1 is 1.60 bits per heavy atom. The van der Waals surface area contributed by atoms with Crippen molar-refractivity contribution in [3.05, 3.63) is 48.1 Å². The molecule has 0 saturated carbocycles. The van der Waals surface area contributed by atoms with Gasteiger partial charge >= 0.3 is 0 Å². The van der Waals surface area contributed by atoms with E-state index in [2.05, 4.69) is 43.7 Å². The van der Waals surface area contributed by atoms with Gasteiger partial charge in [-0.25, -0.2) is 0 Å². The van der Waals surface area contributed by atoms with Crippen molar-refractivity contribution in [3.8, 4) is 0 Å². The van der Waals surface area contributed by atoms with Crippen LogP contribution in [0, 0.1) is 0 Å². The quantitative estimate of drug-likeness (QED) is 0.633. The summed E-state index contributed by atoms with van der Waals surface area (Å²) >= 11 is 0. The molecule has 0 bridgehead atoms. The third-order valence-electron chi connectivity index (χ3n) is 2.54. The Balaban J connectivity index is 2.87. The van der Waals surface area contributed by atoms with E-state index in [4.69, 9.17) is 0 Å². The number of rotatable bonds is 4. The minimum Gasteiger partial charge on any atom is -0.298 e. The second-order valence-corrected chi connectivity index (χ2v) is 3.99. The Kier molecular flexibility index (Phi) is 5.13. The first-order valence-electron chi connectivity index (χ1n) is 5.64. The van der Waals surface area contributed by atoms with Crippen LogP contribution in [0.15, 0.2) is 48.1 Å².